The summed E-state index contributed by atoms with van der Waals surface area (Å²) in [6.07, 6.45) is 62.4. The molecule has 19 heteroatoms. The van der Waals surface area contributed by atoms with Crippen LogP contribution in [-0.2, 0) is 65.4 Å². The Balaban J connectivity index is 5.19. The van der Waals surface area contributed by atoms with E-state index in [4.69, 9.17) is 37.0 Å². The van der Waals surface area contributed by atoms with Gasteiger partial charge >= 0.3 is 39.5 Å². The molecule has 0 heterocycles. The molecule has 6 atom stereocenters. The Hall–Kier alpha value is -1.94. The van der Waals surface area contributed by atoms with E-state index in [1.807, 2.05) is 0 Å². The lowest BCUT2D eigenvalue weighted by Crippen LogP contribution is -2.30. The predicted octanol–water partition coefficient (Wildman–Crippen LogP) is 24.3. The third-order valence-corrected chi connectivity index (χ3v) is 21.2. The Labute approximate surface area is 613 Å². The average molecular weight is 1470 g/mol. The Kier molecular flexibility index (Phi) is 71.2. The third kappa shape index (κ3) is 73.0. The molecule has 0 aromatic rings. The average Bonchev–Trinajstić information content (AvgIpc) is 0.935. The number of phosphoric ester groups is 2. The van der Waals surface area contributed by atoms with Gasteiger partial charge in [0, 0.05) is 25.7 Å². The Morgan fingerprint density at radius 1 is 0.290 bits per heavy atom. The van der Waals surface area contributed by atoms with E-state index in [-0.39, 0.29) is 25.7 Å². The Morgan fingerprint density at radius 2 is 0.510 bits per heavy atom. The standard InChI is InChI=1S/C81H158O17P2/c1-7-10-12-14-16-18-19-34-41-47-53-59-65-80(85)97-76(69-91-78(83)63-57-51-45-37-17-15-13-11-8-2)71-95-99(87,88)93-67-75(82)68-94-100(89,90)96-72-77(70-92-79(84)64-58-52-46-40-35-30-27-26-28-32-38-43-49-55-61-73(4)5)98-81(86)66-60-54-48-42-36-31-25-23-21-20-22-24-29-33-39-44-50-56-62-74(6)9-3/h73-77,82H,7-72H2,1-6H3,(H,87,88)(H,89,90)/t74?,75-,76+,77+/m0/s1. The largest absolute Gasteiger partial charge is 0.472 e. The SMILES string of the molecule is CCCCCCCCCCCCCCC(=O)O[C@H](COC(=O)CCCCCCCCCCC)COP(=O)(O)OC[C@H](O)COP(=O)(O)OC[C@@H](COC(=O)CCCCCCCCCCCCCCCCC(C)C)OC(=O)CCCCCCCCCCCCCCCCCCCCC(C)CC. The molecule has 594 valence electrons. The summed E-state index contributed by atoms with van der Waals surface area (Å²) in [7, 11) is -9.91. The molecule has 0 saturated carbocycles. The first-order valence-corrected chi connectivity index (χ1v) is 45.0. The molecule has 100 heavy (non-hydrogen) atoms. The number of esters is 4. The van der Waals surface area contributed by atoms with Crippen LogP contribution in [0.1, 0.15) is 427 Å². The molecule has 0 saturated heterocycles. The molecule has 0 aromatic heterocycles. The van der Waals surface area contributed by atoms with Crippen molar-refractivity contribution >= 4 is 39.5 Å². The highest BCUT2D eigenvalue weighted by atomic mass is 31.2. The summed E-state index contributed by atoms with van der Waals surface area (Å²) in [5.74, 6) is -0.439. The van der Waals surface area contributed by atoms with E-state index in [1.54, 1.807) is 0 Å². The molecule has 0 rings (SSSR count). The zero-order valence-corrected chi connectivity index (χ0v) is 67.3. The Bertz CT molecular complexity index is 1930. The van der Waals surface area contributed by atoms with E-state index < -0.39 is 97.5 Å². The number of phosphoric acid groups is 2. The second-order valence-electron chi connectivity index (χ2n) is 29.9. The fourth-order valence-corrected chi connectivity index (χ4v) is 14.1. The van der Waals surface area contributed by atoms with Crippen LogP contribution in [0.3, 0.4) is 0 Å². The number of carbonyl (C=O) groups is 4. The number of hydrogen-bond donors (Lipinski definition) is 3. The maximum atomic E-state index is 13.1. The van der Waals surface area contributed by atoms with Gasteiger partial charge < -0.3 is 33.8 Å². The molecule has 3 N–H and O–H groups in total. The van der Waals surface area contributed by atoms with Crippen molar-refractivity contribution in [2.75, 3.05) is 39.6 Å². The molecule has 0 fully saturated rings. The van der Waals surface area contributed by atoms with Crippen molar-refractivity contribution in [2.24, 2.45) is 11.8 Å². The van der Waals surface area contributed by atoms with Gasteiger partial charge in [0.25, 0.3) is 0 Å². The normalized spacial score (nSPS) is 14.2. The summed E-state index contributed by atoms with van der Waals surface area (Å²) < 4.78 is 68.6. The monoisotopic (exact) mass is 1470 g/mol. The van der Waals surface area contributed by atoms with Gasteiger partial charge in [0.2, 0.25) is 0 Å². The lowest BCUT2D eigenvalue weighted by atomic mass is 9.99. The van der Waals surface area contributed by atoms with Crippen LogP contribution < -0.4 is 0 Å². The summed E-state index contributed by atoms with van der Waals surface area (Å²) in [6.45, 7) is 9.71. The van der Waals surface area contributed by atoms with Crippen LogP contribution in [0, 0.1) is 11.8 Å². The van der Waals surface area contributed by atoms with Gasteiger partial charge in [-0.3, -0.25) is 37.3 Å². The highest BCUT2D eigenvalue weighted by Gasteiger charge is 2.30. The second kappa shape index (κ2) is 72.6. The molecular weight excluding hydrogens is 1310 g/mol. The first-order chi connectivity index (χ1) is 48.4. The smallest absolute Gasteiger partial charge is 0.462 e. The lowest BCUT2D eigenvalue weighted by Gasteiger charge is -2.21. The van der Waals surface area contributed by atoms with Crippen LogP contribution in [0.15, 0.2) is 0 Å². The number of aliphatic hydroxyl groups excluding tert-OH is 1. The summed E-state index contributed by atoms with van der Waals surface area (Å²) in [5.41, 5.74) is 0. The van der Waals surface area contributed by atoms with Gasteiger partial charge in [0.1, 0.15) is 19.3 Å². The topological polar surface area (TPSA) is 237 Å². The van der Waals surface area contributed by atoms with E-state index in [2.05, 4.69) is 41.5 Å². The highest BCUT2D eigenvalue weighted by Crippen LogP contribution is 2.45. The van der Waals surface area contributed by atoms with Crippen LogP contribution >= 0.6 is 15.6 Å². The van der Waals surface area contributed by atoms with E-state index in [9.17, 15) is 43.2 Å². The van der Waals surface area contributed by atoms with Crippen molar-refractivity contribution in [1.82, 2.24) is 0 Å². The number of carbonyl (C=O) groups excluding carboxylic acids is 4. The molecule has 0 spiro atoms. The second-order valence-corrected chi connectivity index (χ2v) is 32.8. The van der Waals surface area contributed by atoms with Gasteiger partial charge in [-0.1, -0.05) is 375 Å². The molecule has 17 nitrogen and oxygen atoms in total. The molecule has 0 radical (unpaired) electrons. The molecule has 0 aliphatic heterocycles. The van der Waals surface area contributed by atoms with Crippen molar-refractivity contribution in [3.8, 4) is 0 Å². The predicted molar refractivity (Wildman–Crippen MR) is 409 cm³/mol. The van der Waals surface area contributed by atoms with Crippen LogP contribution in [0.5, 0.6) is 0 Å². The van der Waals surface area contributed by atoms with Crippen molar-refractivity contribution in [1.29, 1.82) is 0 Å². The van der Waals surface area contributed by atoms with Gasteiger partial charge in [0.05, 0.1) is 26.4 Å². The first kappa shape index (κ1) is 98.1. The zero-order chi connectivity index (χ0) is 73.5. The van der Waals surface area contributed by atoms with E-state index in [0.29, 0.717) is 25.7 Å². The van der Waals surface area contributed by atoms with Crippen LogP contribution in [-0.4, -0.2) is 96.7 Å². The van der Waals surface area contributed by atoms with Crippen LogP contribution in [0.25, 0.3) is 0 Å². The van der Waals surface area contributed by atoms with Crippen molar-refractivity contribution in [2.45, 2.75) is 445 Å². The number of hydrogen-bond acceptors (Lipinski definition) is 15. The third-order valence-electron chi connectivity index (χ3n) is 19.3. The highest BCUT2D eigenvalue weighted by molar-refractivity contribution is 7.47. The van der Waals surface area contributed by atoms with Crippen LogP contribution in [0.4, 0.5) is 0 Å². The minimum absolute atomic E-state index is 0.108. The number of aliphatic hydroxyl groups is 1. The molecule has 0 aliphatic carbocycles. The van der Waals surface area contributed by atoms with Gasteiger partial charge in [-0.25, -0.2) is 9.13 Å². The van der Waals surface area contributed by atoms with Crippen molar-refractivity contribution in [3.05, 3.63) is 0 Å². The summed E-state index contributed by atoms with van der Waals surface area (Å²) in [6, 6.07) is 0. The molecule has 0 aromatic carbocycles. The minimum Gasteiger partial charge on any atom is -0.462 e. The van der Waals surface area contributed by atoms with Gasteiger partial charge in [0.15, 0.2) is 12.2 Å². The van der Waals surface area contributed by atoms with Gasteiger partial charge in [-0.2, -0.15) is 0 Å². The van der Waals surface area contributed by atoms with E-state index in [1.165, 1.54) is 244 Å². The molecule has 0 amide bonds. The maximum absolute atomic E-state index is 13.1. The molecule has 0 bridgehead atoms. The summed E-state index contributed by atoms with van der Waals surface area (Å²) in [4.78, 5) is 72.9. The zero-order valence-electron chi connectivity index (χ0n) is 65.5. The lowest BCUT2D eigenvalue weighted by molar-refractivity contribution is -0.161. The summed E-state index contributed by atoms with van der Waals surface area (Å²) in [5, 5.41) is 10.6. The molecular formula is C81H158O17P2. The fraction of sp³-hybridized carbons (Fsp3) is 0.951. The number of rotatable bonds is 80. The van der Waals surface area contributed by atoms with Crippen molar-refractivity contribution in [3.63, 3.8) is 0 Å². The quantitative estimate of drug-likeness (QED) is 0.0222. The Morgan fingerprint density at radius 3 is 0.760 bits per heavy atom. The minimum atomic E-state index is -4.96. The van der Waals surface area contributed by atoms with Crippen LogP contribution in [0.2, 0.25) is 0 Å². The maximum Gasteiger partial charge on any atom is 0.472 e. The molecule has 3 unspecified atom stereocenters. The van der Waals surface area contributed by atoms with Gasteiger partial charge in [-0.05, 0) is 37.5 Å². The number of unbranched alkanes of at least 4 members (excludes halogenated alkanes) is 49. The van der Waals surface area contributed by atoms with E-state index >= 15 is 0 Å². The first-order valence-electron chi connectivity index (χ1n) is 42.0. The van der Waals surface area contributed by atoms with Gasteiger partial charge in [-0.15, -0.1) is 0 Å². The van der Waals surface area contributed by atoms with E-state index in [0.717, 1.165) is 102 Å². The summed E-state index contributed by atoms with van der Waals surface area (Å²) >= 11 is 0. The van der Waals surface area contributed by atoms with Crippen molar-refractivity contribution < 1.29 is 80.2 Å². The number of ether oxygens (including phenoxy) is 4. The molecule has 0 aliphatic rings. The fourth-order valence-electron chi connectivity index (χ4n) is 12.5.